The number of aromatic hydroxyl groups is 3. The topological polar surface area (TPSA) is 72.7 Å². The lowest BCUT2D eigenvalue weighted by Crippen LogP contribution is -2.28. The van der Waals surface area contributed by atoms with Gasteiger partial charge in [-0.25, -0.2) is 0 Å². The van der Waals surface area contributed by atoms with Crippen LogP contribution in [0, 0.1) is 0 Å². The molecule has 0 saturated heterocycles. The molecule has 5 heteroatoms. The largest absolute Gasteiger partial charge is 0.508 e. The van der Waals surface area contributed by atoms with E-state index in [1.165, 1.54) is 6.07 Å². The number of fused-ring (bicyclic) bond motifs is 1. The zero-order chi connectivity index (χ0) is 13.4. The predicted octanol–water partition coefficient (Wildman–Crippen LogP) is 2.62. The predicted molar refractivity (Wildman–Crippen MR) is 81.8 cm³/mol. The van der Waals surface area contributed by atoms with Gasteiger partial charge in [0, 0.05) is 19.0 Å². The molecule has 0 aromatic heterocycles. The first-order chi connectivity index (χ1) is 9.15. The smallest absolute Gasteiger partial charge is 0.157 e. The molecule has 0 amide bonds. The number of phenols is 3. The Bertz CT molecular complexity index is 631. The second-order valence-electron chi connectivity index (χ2n) is 4.81. The molecule has 2 aromatic rings. The highest BCUT2D eigenvalue weighted by atomic mass is 79.9. The Balaban J connectivity index is 0.00000147. The second-order valence-corrected chi connectivity index (χ2v) is 4.81. The van der Waals surface area contributed by atoms with Crippen LogP contribution in [0.1, 0.15) is 22.6 Å². The number of benzene rings is 2. The van der Waals surface area contributed by atoms with Gasteiger partial charge in [-0.05, 0) is 41.0 Å². The Morgan fingerprint density at radius 3 is 2.50 bits per heavy atom. The maximum Gasteiger partial charge on any atom is 0.157 e. The molecule has 0 fully saturated rings. The summed E-state index contributed by atoms with van der Waals surface area (Å²) in [7, 11) is 0. The van der Waals surface area contributed by atoms with E-state index in [1.54, 1.807) is 24.3 Å². The molecule has 2 aromatic carbocycles. The normalized spacial score (nSPS) is 17.1. The molecule has 3 rings (SSSR count). The van der Waals surface area contributed by atoms with Crippen molar-refractivity contribution in [2.24, 2.45) is 0 Å². The number of halogens is 1. The van der Waals surface area contributed by atoms with Gasteiger partial charge in [0.25, 0.3) is 0 Å². The first kappa shape index (κ1) is 14.7. The summed E-state index contributed by atoms with van der Waals surface area (Å²) in [6, 6.07) is 10.2. The van der Waals surface area contributed by atoms with Crippen molar-refractivity contribution < 1.29 is 15.3 Å². The average Bonchev–Trinajstić information content (AvgIpc) is 2.41. The SMILES string of the molecule is Br.Oc1ccc2c(c1)C(c1ccc(O)c(O)c1)CNC2. The third-order valence-electron chi connectivity index (χ3n) is 3.57. The minimum Gasteiger partial charge on any atom is -0.508 e. The van der Waals surface area contributed by atoms with Gasteiger partial charge in [0.1, 0.15) is 5.75 Å². The minimum atomic E-state index is -0.122. The van der Waals surface area contributed by atoms with E-state index < -0.39 is 0 Å². The molecule has 1 aliphatic heterocycles. The van der Waals surface area contributed by atoms with E-state index >= 15 is 0 Å². The lowest BCUT2D eigenvalue weighted by atomic mass is 9.85. The van der Waals surface area contributed by atoms with E-state index in [1.807, 2.05) is 6.07 Å². The van der Waals surface area contributed by atoms with Crippen LogP contribution in [0.15, 0.2) is 36.4 Å². The van der Waals surface area contributed by atoms with Gasteiger partial charge in [-0.3, -0.25) is 0 Å². The molecule has 4 nitrogen and oxygen atoms in total. The quantitative estimate of drug-likeness (QED) is 0.603. The molecule has 0 saturated carbocycles. The number of hydrogen-bond acceptors (Lipinski definition) is 4. The fourth-order valence-corrected chi connectivity index (χ4v) is 2.58. The Morgan fingerprint density at radius 2 is 1.75 bits per heavy atom. The fourth-order valence-electron chi connectivity index (χ4n) is 2.58. The molecule has 20 heavy (non-hydrogen) atoms. The lowest BCUT2D eigenvalue weighted by molar-refractivity contribution is 0.402. The van der Waals surface area contributed by atoms with Gasteiger partial charge in [-0.15, -0.1) is 17.0 Å². The zero-order valence-corrected chi connectivity index (χ0v) is 12.4. The van der Waals surface area contributed by atoms with E-state index in [2.05, 4.69) is 5.32 Å². The lowest BCUT2D eigenvalue weighted by Gasteiger charge is -2.27. The maximum atomic E-state index is 9.64. The van der Waals surface area contributed by atoms with E-state index in [9.17, 15) is 15.3 Å². The zero-order valence-electron chi connectivity index (χ0n) is 10.7. The van der Waals surface area contributed by atoms with Crippen molar-refractivity contribution in [1.82, 2.24) is 5.32 Å². The summed E-state index contributed by atoms with van der Waals surface area (Å²) in [6.07, 6.45) is 0. The Morgan fingerprint density at radius 1 is 0.950 bits per heavy atom. The monoisotopic (exact) mass is 337 g/mol. The van der Waals surface area contributed by atoms with Gasteiger partial charge >= 0.3 is 0 Å². The number of rotatable bonds is 1. The highest BCUT2D eigenvalue weighted by molar-refractivity contribution is 8.93. The summed E-state index contributed by atoms with van der Waals surface area (Å²) in [5, 5.41) is 31.9. The molecule has 0 radical (unpaired) electrons. The summed E-state index contributed by atoms with van der Waals surface area (Å²) in [4.78, 5) is 0. The molecule has 0 spiro atoms. The van der Waals surface area contributed by atoms with E-state index in [4.69, 9.17) is 0 Å². The van der Waals surface area contributed by atoms with Crippen LogP contribution in [-0.4, -0.2) is 21.9 Å². The summed E-state index contributed by atoms with van der Waals surface area (Å²) < 4.78 is 0. The summed E-state index contributed by atoms with van der Waals surface area (Å²) in [6.45, 7) is 1.51. The number of hydrogen-bond donors (Lipinski definition) is 4. The van der Waals surface area contributed by atoms with Crippen molar-refractivity contribution in [3.63, 3.8) is 0 Å². The fraction of sp³-hybridized carbons (Fsp3) is 0.200. The molecule has 1 heterocycles. The first-order valence-corrected chi connectivity index (χ1v) is 6.19. The standard InChI is InChI=1S/C15H15NO3.BrH/c17-11-3-1-10-7-16-8-13(12(10)6-11)9-2-4-14(18)15(19)5-9;/h1-6,13,16-19H,7-8H2;1H. The van der Waals surface area contributed by atoms with E-state index in [0.29, 0.717) is 0 Å². The Kier molecular flexibility index (Phi) is 4.20. The van der Waals surface area contributed by atoms with Crippen molar-refractivity contribution >= 4 is 17.0 Å². The molecule has 1 unspecified atom stereocenters. The summed E-state index contributed by atoms with van der Waals surface area (Å²) in [5.74, 6) is 0.0597. The minimum absolute atomic E-state index is 0. The van der Waals surface area contributed by atoms with Gasteiger partial charge < -0.3 is 20.6 Å². The molecular formula is C15H16BrNO3. The Labute approximate surface area is 127 Å². The van der Waals surface area contributed by atoms with Gasteiger partial charge in [0.2, 0.25) is 0 Å². The van der Waals surface area contributed by atoms with Crippen LogP contribution >= 0.6 is 17.0 Å². The Hall–Kier alpha value is -1.72. The highest BCUT2D eigenvalue weighted by Crippen LogP contribution is 2.35. The van der Waals surface area contributed by atoms with Crippen LogP contribution in [-0.2, 0) is 6.54 Å². The van der Waals surface area contributed by atoms with Crippen LogP contribution in [0.2, 0.25) is 0 Å². The molecule has 106 valence electrons. The van der Waals surface area contributed by atoms with Crippen molar-refractivity contribution in [3.8, 4) is 17.2 Å². The van der Waals surface area contributed by atoms with Crippen LogP contribution in [0.3, 0.4) is 0 Å². The van der Waals surface area contributed by atoms with Crippen LogP contribution in [0.5, 0.6) is 17.2 Å². The molecule has 1 aliphatic rings. The molecule has 1 atom stereocenters. The third-order valence-corrected chi connectivity index (χ3v) is 3.57. The van der Waals surface area contributed by atoms with Crippen LogP contribution in [0.25, 0.3) is 0 Å². The number of phenolic OH excluding ortho intramolecular Hbond substituents is 3. The van der Waals surface area contributed by atoms with Crippen LogP contribution in [0.4, 0.5) is 0 Å². The van der Waals surface area contributed by atoms with Crippen molar-refractivity contribution in [1.29, 1.82) is 0 Å². The molecule has 4 N–H and O–H groups in total. The van der Waals surface area contributed by atoms with Gasteiger partial charge in [0.05, 0.1) is 0 Å². The first-order valence-electron chi connectivity index (χ1n) is 6.19. The maximum absolute atomic E-state index is 9.64. The summed E-state index contributed by atoms with van der Waals surface area (Å²) in [5.41, 5.74) is 3.11. The average molecular weight is 338 g/mol. The highest BCUT2D eigenvalue weighted by Gasteiger charge is 2.22. The van der Waals surface area contributed by atoms with E-state index in [-0.39, 0.29) is 40.1 Å². The van der Waals surface area contributed by atoms with Gasteiger partial charge in [0.15, 0.2) is 11.5 Å². The van der Waals surface area contributed by atoms with Crippen molar-refractivity contribution in [2.75, 3.05) is 6.54 Å². The van der Waals surface area contributed by atoms with Crippen LogP contribution < -0.4 is 5.32 Å². The second kappa shape index (κ2) is 5.73. The molecular weight excluding hydrogens is 322 g/mol. The third kappa shape index (κ3) is 2.59. The van der Waals surface area contributed by atoms with Gasteiger partial charge in [-0.1, -0.05) is 12.1 Å². The molecule has 0 bridgehead atoms. The van der Waals surface area contributed by atoms with Crippen molar-refractivity contribution in [3.05, 3.63) is 53.1 Å². The molecule has 0 aliphatic carbocycles. The number of nitrogens with one attached hydrogen (secondary N) is 1. The van der Waals surface area contributed by atoms with Gasteiger partial charge in [-0.2, -0.15) is 0 Å². The summed E-state index contributed by atoms with van der Waals surface area (Å²) >= 11 is 0. The van der Waals surface area contributed by atoms with Crippen molar-refractivity contribution in [2.45, 2.75) is 12.5 Å². The van der Waals surface area contributed by atoms with E-state index in [0.717, 1.165) is 29.8 Å².